The number of hydrogen-bond donors (Lipinski definition) is 5. The van der Waals surface area contributed by atoms with E-state index in [-0.39, 0.29) is 19.8 Å². The zero-order valence-electron chi connectivity index (χ0n) is 35.0. The SMILES string of the molecule is CCCCCCCCCCCCCCOC(=O)N(CCCCCCCCCCCC)[C@@H]1O[C@H](CO)[C@@H](O)[C@H](O)[C@H]1NC(=O)[C@H](C)NC(=O)OCc1ccccc1. The van der Waals surface area contributed by atoms with Gasteiger partial charge in [0, 0.05) is 6.54 Å². The summed E-state index contributed by atoms with van der Waals surface area (Å²) in [5.41, 5.74) is 0.783. The highest BCUT2D eigenvalue weighted by molar-refractivity contribution is 5.85. The lowest BCUT2D eigenvalue weighted by atomic mass is 9.95. The van der Waals surface area contributed by atoms with E-state index in [1.807, 2.05) is 30.3 Å². The Morgan fingerprint density at radius 3 is 1.73 bits per heavy atom. The van der Waals surface area contributed by atoms with Crippen LogP contribution in [0.5, 0.6) is 0 Å². The van der Waals surface area contributed by atoms with E-state index in [0.29, 0.717) is 12.8 Å². The van der Waals surface area contributed by atoms with Gasteiger partial charge in [-0.3, -0.25) is 9.69 Å². The number of aliphatic hydroxyl groups is 3. The van der Waals surface area contributed by atoms with Crippen molar-refractivity contribution in [1.29, 1.82) is 0 Å². The second-order valence-electron chi connectivity index (χ2n) is 15.6. The number of carbonyl (C=O) groups is 3. The molecule has 0 bridgehead atoms. The van der Waals surface area contributed by atoms with Crippen LogP contribution in [0.2, 0.25) is 0 Å². The Hall–Kier alpha value is -2.93. The van der Waals surface area contributed by atoms with Crippen LogP contribution in [-0.2, 0) is 25.6 Å². The minimum absolute atomic E-state index is 0.0162. The fourth-order valence-corrected chi connectivity index (χ4v) is 7.09. The molecule has 1 fully saturated rings. The number of amides is 3. The second-order valence-corrected chi connectivity index (χ2v) is 15.6. The van der Waals surface area contributed by atoms with Crippen LogP contribution in [0.4, 0.5) is 9.59 Å². The van der Waals surface area contributed by atoms with Crippen LogP contribution < -0.4 is 10.6 Å². The molecule has 6 atom stereocenters. The van der Waals surface area contributed by atoms with Crippen molar-refractivity contribution in [2.45, 2.75) is 205 Å². The maximum absolute atomic E-state index is 13.7. The van der Waals surface area contributed by atoms with Crippen molar-refractivity contribution in [1.82, 2.24) is 15.5 Å². The predicted octanol–water partition coefficient (Wildman–Crippen LogP) is 8.29. The molecule has 3 amide bonds. The Morgan fingerprint density at radius 2 is 1.21 bits per heavy atom. The van der Waals surface area contributed by atoms with Gasteiger partial charge in [0.1, 0.15) is 37.0 Å². The van der Waals surface area contributed by atoms with Crippen LogP contribution in [-0.4, -0.2) is 94.7 Å². The zero-order valence-corrected chi connectivity index (χ0v) is 35.0. The number of carbonyl (C=O) groups excluding carboxylic acids is 3. The summed E-state index contributed by atoms with van der Waals surface area (Å²) in [6, 6.07) is 6.74. The van der Waals surface area contributed by atoms with Crippen molar-refractivity contribution in [3.05, 3.63) is 35.9 Å². The molecule has 0 aromatic heterocycles. The number of nitrogens with zero attached hydrogens (tertiary/aromatic N) is 1. The van der Waals surface area contributed by atoms with E-state index in [0.717, 1.165) is 44.1 Å². The van der Waals surface area contributed by atoms with E-state index >= 15 is 0 Å². The number of benzene rings is 1. The number of hydrogen-bond acceptors (Lipinski definition) is 9. The number of alkyl carbamates (subject to hydrolysis) is 1. The van der Waals surface area contributed by atoms with E-state index < -0.39 is 61.3 Å². The first-order chi connectivity index (χ1) is 27.2. The number of nitrogens with one attached hydrogen (secondary N) is 2. The normalized spacial score (nSPS) is 19.9. The largest absolute Gasteiger partial charge is 0.449 e. The molecule has 0 spiro atoms. The topological polar surface area (TPSA) is 167 Å². The Kier molecular flexibility index (Phi) is 27.3. The molecule has 1 aromatic carbocycles. The monoisotopic (exact) mass is 792 g/mol. The molecular formula is C44H77N3O9. The lowest BCUT2D eigenvalue weighted by Gasteiger charge is -2.46. The Morgan fingerprint density at radius 1 is 0.714 bits per heavy atom. The number of ether oxygens (including phenoxy) is 3. The molecule has 2 rings (SSSR count). The minimum Gasteiger partial charge on any atom is -0.449 e. The molecule has 5 N–H and O–H groups in total. The van der Waals surface area contributed by atoms with Gasteiger partial charge in [0.15, 0.2) is 6.23 Å². The van der Waals surface area contributed by atoms with Gasteiger partial charge in [-0.15, -0.1) is 0 Å². The lowest BCUT2D eigenvalue weighted by Crippen LogP contribution is -2.69. The number of aliphatic hydroxyl groups excluding tert-OH is 3. The molecule has 0 unspecified atom stereocenters. The van der Waals surface area contributed by atoms with Crippen molar-refractivity contribution in [3.8, 4) is 0 Å². The highest BCUT2D eigenvalue weighted by Gasteiger charge is 2.49. The van der Waals surface area contributed by atoms with Crippen molar-refractivity contribution >= 4 is 18.1 Å². The molecule has 1 aromatic rings. The van der Waals surface area contributed by atoms with E-state index in [2.05, 4.69) is 24.5 Å². The van der Waals surface area contributed by atoms with Gasteiger partial charge in [-0.1, -0.05) is 173 Å². The summed E-state index contributed by atoms with van der Waals surface area (Å²) < 4.78 is 17.1. The molecule has 12 heteroatoms. The molecule has 0 aliphatic carbocycles. The molecule has 12 nitrogen and oxygen atoms in total. The second kappa shape index (κ2) is 31.1. The Balaban J connectivity index is 2.01. The highest BCUT2D eigenvalue weighted by Crippen LogP contribution is 2.26. The third-order valence-electron chi connectivity index (χ3n) is 10.7. The highest BCUT2D eigenvalue weighted by atomic mass is 16.6. The Labute approximate surface area is 337 Å². The molecule has 1 heterocycles. The molecule has 56 heavy (non-hydrogen) atoms. The standard InChI is InChI=1S/C44H77N3O9/c1-4-6-8-10-12-14-16-17-19-21-23-28-32-54-44(53)47(31-27-22-20-18-15-13-11-9-7-5-2)42-38(40(50)39(49)37(33-48)56-42)46-41(51)35(3)45-43(52)55-34-36-29-25-24-26-30-36/h24-26,29-30,35,37-40,42,48-50H,4-23,27-28,31-34H2,1-3H3,(H,45,52)(H,46,51)/t35-,37+,38+,39+,40+,42+/m0/s1. The number of rotatable bonds is 31. The van der Waals surface area contributed by atoms with Crippen LogP contribution in [0.1, 0.15) is 168 Å². The van der Waals surface area contributed by atoms with Gasteiger partial charge in [0.25, 0.3) is 0 Å². The van der Waals surface area contributed by atoms with Crippen LogP contribution >= 0.6 is 0 Å². The lowest BCUT2D eigenvalue weighted by molar-refractivity contribution is -0.226. The minimum atomic E-state index is -1.59. The van der Waals surface area contributed by atoms with Gasteiger partial charge in [-0.25, -0.2) is 9.59 Å². The van der Waals surface area contributed by atoms with Gasteiger partial charge in [0.2, 0.25) is 5.91 Å². The van der Waals surface area contributed by atoms with E-state index in [9.17, 15) is 29.7 Å². The predicted molar refractivity (Wildman–Crippen MR) is 220 cm³/mol. The number of unbranched alkanes of at least 4 members (excludes halogenated alkanes) is 20. The summed E-state index contributed by atoms with van der Waals surface area (Å²) in [7, 11) is 0. The van der Waals surface area contributed by atoms with Gasteiger partial charge in [0.05, 0.1) is 13.2 Å². The molecule has 1 aliphatic heterocycles. The molecular weight excluding hydrogens is 714 g/mol. The Bertz CT molecular complexity index is 1160. The third kappa shape index (κ3) is 20.5. The van der Waals surface area contributed by atoms with E-state index in [1.165, 1.54) is 102 Å². The molecule has 322 valence electrons. The first-order valence-corrected chi connectivity index (χ1v) is 22.1. The summed E-state index contributed by atoms with van der Waals surface area (Å²) in [5, 5.41) is 37.3. The summed E-state index contributed by atoms with van der Waals surface area (Å²) in [6.45, 7) is 5.76. The first-order valence-electron chi connectivity index (χ1n) is 22.1. The van der Waals surface area contributed by atoms with E-state index in [4.69, 9.17) is 14.2 Å². The summed E-state index contributed by atoms with van der Waals surface area (Å²) in [5.74, 6) is -0.683. The van der Waals surface area contributed by atoms with Crippen molar-refractivity contribution < 1.29 is 43.9 Å². The smallest absolute Gasteiger partial charge is 0.411 e. The van der Waals surface area contributed by atoms with Gasteiger partial charge >= 0.3 is 12.2 Å². The van der Waals surface area contributed by atoms with E-state index in [1.54, 1.807) is 0 Å². The average Bonchev–Trinajstić information content (AvgIpc) is 3.20. The summed E-state index contributed by atoms with van der Waals surface area (Å²) in [6.07, 6.45) is 18.2. The van der Waals surface area contributed by atoms with Gasteiger partial charge < -0.3 is 40.2 Å². The van der Waals surface area contributed by atoms with Crippen LogP contribution in [0.3, 0.4) is 0 Å². The average molecular weight is 792 g/mol. The molecule has 1 saturated heterocycles. The fraction of sp³-hybridized carbons (Fsp3) is 0.795. The van der Waals surface area contributed by atoms with Crippen molar-refractivity contribution in [2.24, 2.45) is 0 Å². The fourth-order valence-electron chi connectivity index (χ4n) is 7.09. The van der Waals surface area contributed by atoms with Crippen LogP contribution in [0, 0.1) is 0 Å². The maximum Gasteiger partial charge on any atom is 0.411 e. The summed E-state index contributed by atoms with van der Waals surface area (Å²) >= 11 is 0. The van der Waals surface area contributed by atoms with Gasteiger partial charge in [-0.2, -0.15) is 0 Å². The van der Waals surface area contributed by atoms with Gasteiger partial charge in [-0.05, 0) is 25.3 Å². The molecule has 1 aliphatic rings. The quantitative estimate of drug-likeness (QED) is 0.0465. The molecule has 0 saturated carbocycles. The zero-order chi connectivity index (χ0) is 40.8. The van der Waals surface area contributed by atoms with Crippen LogP contribution in [0.15, 0.2) is 30.3 Å². The van der Waals surface area contributed by atoms with Crippen molar-refractivity contribution in [3.63, 3.8) is 0 Å². The third-order valence-corrected chi connectivity index (χ3v) is 10.7. The first kappa shape index (κ1) is 49.2. The van der Waals surface area contributed by atoms with Crippen molar-refractivity contribution in [2.75, 3.05) is 19.8 Å². The summed E-state index contributed by atoms with van der Waals surface area (Å²) in [4.78, 5) is 41.0. The van der Waals surface area contributed by atoms with Crippen LogP contribution in [0.25, 0.3) is 0 Å². The molecule has 0 radical (unpaired) electrons. The maximum atomic E-state index is 13.7.